The number of carboxylic acid groups (broad SMARTS) is 1. The molecule has 0 saturated carbocycles. The van der Waals surface area contributed by atoms with Crippen molar-refractivity contribution in [2.75, 3.05) is 28.7 Å². The van der Waals surface area contributed by atoms with E-state index in [1.807, 2.05) is 24.3 Å². The van der Waals surface area contributed by atoms with Crippen LogP contribution in [0.4, 0.5) is 23.5 Å². The number of nitrogens with zero attached hydrogens (tertiary/aromatic N) is 5. The number of hydrogen-bond acceptors (Lipinski definition) is 9. The first-order valence-corrected chi connectivity index (χ1v) is 14.2. The highest BCUT2D eigenvalue weighted by atomic mass is 127. The van der Waals surface area contributed by atoms with Crippen molar-refractivity contribution < 1.29 is 15.0 Å². The molecule has 38 heavy (non-hydrogen) atoms. The highest BCUT2D eigenvalue weighted by Gasteiger charge is 2.20. The molecule has 10 nitrogen and oxygen atoms in total. The fourth-order valence-corrected chi connectivity index (χ4v) is 5.56. The van der Waals surface area contributed by atoms with Crippen LogP contribution in [0.25, 0.3) is 0 Å². The van der Waals surface area contributed by atoms with Crippen LogP contribution in [-0.4, -0.2) is 50.4 Å². The Morgan fingerprint density at radius 3 is 2.47 bits per heavy atom. The number of carbonyl (C=O) groups is 1. The van der Waals surface area contributed by atoms with Gasteiger partial charge in [0.25, 0.3) is 5.97 Å². The molecule has 3 aromatic rings. The number of phenols is 1. The van der Waals surface area contributed by atoms with Gasteiger partial charge in [0.2, 0.25) is 17.8 Å². The van der Waals surface area contributed by atoms with Crippen molar-refractivity contribution in [1.82, 2.24) is 15.0 Å². The number of carboxylic acids is 1. The second-order valence-corrected chi connectivity index (χ2v) is 11.4. The van der Waals surface area contributed by atoms with Crippen LogP contribution in [0.3, 0.4) is 0 Å². The number of aromatic hydroxyl groups is 1. The van der Waals surface area contributed by atoms with E-state index in [0.29, 0.717) is 29.3 Å². The van der Waals surface area contributed by atoms with Gasteiger partial charge in [-0.05, 0) is 107 Å². The Morgan fingerprint density at radius 2 is 1.79 bits per heavy atom. The number of nitrogens with one attached hydrogen (secondary N) is 2. The van der Waals surface area contributed by atoms with Crippen LogP contribution >= 0.6 is 45.2 Å². The lowest BCUT2D eigenvalue weighted by molar-refractivity contribution is -0.134. The summed E-state index contributed by atoms with van der Waals surface area (Å²) in [7, 11) is 0. The number of anilines is 4. The van der Waals surface area contributed by atoms with Gasteiger partial charge >= 0.3 is 0 Å². The summed E-state index contributed by atoms with van der Waals surface area (Å²) in [6.45, 7) is 9.33. The third-order valence-corrected chi connectivity index (χ3v) is 7.41. The maximum absolute atomic E-state index is 10.3. The minimum absolute atomic E-state index is 0.197. The topological polar surface area (TPSA) is 136 Å². The number of aryl methyl sites for hydroxylation is 1. The third kappa shape index (κ3) is 8.64. The summed E-state index contributed by atoms with van der Waals surface area (Å²) < 4.78 is 1.79. The predicted molar refractivity (Wildman–Crippen MR) is 168 cm³/mol. The highest BCUT2D eigenvalue weighted by molar-refractivity contribution is 14.1. The van der Waals surface area contributed by atoms with Crippen molar-refractivity contribution >= 4 is 80.9 Å². The Hall–Kier alpha value is -2.75. The SMILES string of the molecule is CC(=O)O.Cc1cccc(Nc2nc(N/N=C/c3cc(I)cc(I)c3O)nc(N3CCC(C)CC3)n2)c1C. The van der Waals surface area contributed by atoms with Crippen LogP contribution in [0.2, 0.25) is 0 Å². The molecule has 1 fully saturated rings. The van der Waals surface area contributed by atoms with E-state index in [1.165, 1.54) is 5.56 Å². The zero-order chi connectivity index (χ0) is 27.8. The summed E-state index contributed by atoms with van der Waals surface area (Å²) in [6, 6.07) is 9.88. The lowest BCUT2D eigenvalue weighted by atomic mass is 10.00. The Kier molecular flexibility index (Phi) is 10.9. The molecular formula is C26H31I2N7O3. The second-order valence-electron chi connectivity index (χ2n) is 9.04. The van der Waals surface area contributed by atoms with Gasteiger partial charge in [0.1, 0.15) is 5.75 Å². The molecule has 12 heteroatoms. The average molecular weight is 743 g/mol. The molecule has 0 spiro atoms. The summed E-state index contributed by atoms with van der Waals surface area (Å²) >= 11 is 4.32. The average Bonchev–Trinajstić information content (AvgIpc) is 2.85. The van der Waals surface area contributed by atoms with Gasteiger partial charge in [-0.2, -0.15) is 20.1 Å². The second kappa shape index (κ2) is 13.9. The Labute approximate surface area is 249 Å². The first-order chi connectivity index (χ1) is 18.0. The van der Waals surface area contributed by atoms with Crippen LogP contribution in [0.1, 0.15) is 43.4 Å². The van der Waals surface area contributed by atoms with E-state index in [4.69, 9.17) is 14.9 Å². The third-order valence-electron chi connectivity index (χ3n) is 5.97. The van der Waals surface area contributed by atoms with Crippen molar-refractivity contribution in [3.05, 3.63) is 54.2 Å². The maximum atomic E-state index is 10.3. The standard InChI is InChI=1S/C24H27I2N7O.C2H4O2/c1-14-7-9-33(10-8-14)24-30-22(28-20-6-4-5-15(2)16(20)3)29-23(31-24)32-27-13-17-11-18(25)12-19(26)21(17)34;1-2(3)4/h4-6,11-14,34H,7-10H2,1-3H3,(H2,28,29,30,31,32);1H3,(H,3,4)/b27-13+;. The van der Waals surface area contributed by atoms with E-state index in [2.05, 4.69) is 103 Å². The lowest BCUT2D eigenvalue weighted by Crippen LogP contribution is -2.34. The lowest BCUT2D eigenvalue weighted by Gasteiger charge is -2.30. The number of aliphatic carboxylic acids is 1. The Morgan fingerprint density at radius 1 is 1.13 bits per heavy atom. The first-order valence-electron chi connectivity index (χ1n) is 12.0. The van der Waals surface area contributed by atoms with Crippen molar-refractivity contribution in [1.29, 1.82) is 0 Å². The van der Waals surface area contributed by atoms with Crippen LogP contribution in [0.5, 0.6) is 5.75 Å². The van der Waals surface area contributed by atoms with Crippen molar-refractivity contribution in [3.63, 3.8) is 0 Å². The molecule has 1 aliphatic heterocycles. The fourth-order valence-electron chi connectivity index (χ4n) is 3.67. The Bertz CT molecular complexity index is 1310. The zero-order valence-corrected chi connectivity index (χ0v) is 26.0. The summed E-state index contributed by atoms with van der Waals surface area (Å²) in [5.74, 6) is 1.49. The van der Waals surface area contributed by atoms with Gasteiger partial charge in [-0.3, -0.25) is 4.79 Å². The molecule has 0 aliphatic carbocycles. The maximum Gasteiger partial charge on any atom is 0.300 e. The van der Waals surface area contributed by atoms with Crippen molar-refractivity contribution in [3.8, 4) is 5.75 Å². The molecule has 1 aliphatic rings. The van der Waals surface area contributed by atoms with E-state index in [-0.39, 0.29) is 5.75 Å². The van der Waals surface area contributed by atoms with Gasteiger partial charge in [-0.1, -0.05) is 19.1 Å². The number of hydrazone groups is 1. The van der Waals surface area contributed by atoms with E-state index in [0.717, 1.165) is 51.2 Å². The van der Waals surface area contributed by atoms with E-state index in [9.17, 15) is 5.11 Å². The molecule has 2 aromatic carbocycles. The van der Waals surface area contributed by atoms with Crippen molar-refractivity contribution in [2.24, 2.45) is 11.0 Å². The zero-order valence-electron chi connectivity index (χ0n) is 21.7. The minimum Gasteiger partial charge on any atom is -0.506 e. The number of aromatic nitrogens is 3. The van der Waals surface area contributed by atoms with Crippen LogP contribution in [0.15, 0.2) is 35.4 Å². The first kappa shape index (κ1) is 29.8. The van der Waals surface area contributed by atoms with Gasteiger partial charge in [0.15, 0.2) is 0 Å². The van der Waals surface area contributed by atoms with Gasteiger partial charge in [-0.15, -0.1) is 0 Å². The fraction of sp³-hybridized carbons (Fsp3) is 0.346. The van der Waals surface area contributed by atoms with E-state index in [1.54, 1.807) is 6.21 Å². The van der Waals surface area contributed by atoms with E-state index < -0.39 is 5.97 Å². The molecule has 0 unspecified atom stereocenters. The monoisotopic (exact) mass is 743 g/mol. The van der Waals surface area contributed by atoms with Gasteiger partial charge < -0.3 is 20.4 Å². The smallest absolute Gasteiger partial charge is 0.300 e. The molecule has 4 N–H and O–H groups in total. The van der Waals surface area contributed by atoms with Crippen LogP contribution in [-0.2, 0) is 4.79 Å². The summed E-state index contributed by atoms with van der Waals surface area (Å²) in [5, 5.41) is 25.4. The Balaban J connectivity index is 0.000000934. The summed E-state index contributed by atoms with van der Waals surface area (Å²) in [6.07, 6.45) is 3.79. The molecule has 0 bridgehead atoms. The van der Waals surface area contributed by atoms with Gasteiger partial charge in [0, 0.05) is 34.8 Å². The molecule has 0 radical (unpaired) electrons. The number of benzene rings is 2. The minimum atomic E-state index is -0.833. The highest BCUT2D eigenvalue weighted by Crippen LogP contribution is 2.27. The molecule has 4 rings (SSSR count). The van der Waals surface area contributed by atoms with E-state index >= 15 is 0 Å². The normalized spacial score (nSPS) is 13.7. The predicted octanol–water partition coefficient (Wildman–Crippen LogP) is 5.92. The molecule has 1 saturated heterocycles. The molecule has 0 amide bonds. The van der Waals surface area contributed by atoms with Gasteiger partial charge in [0.05, 0.1) is 9.78 Å². The van der Waals surface area contributed by atoms with Gasteiger partial charge in [-0.25, -0.2) is 5.43 Å². The molecular weight excluding hydrogens is 712 g/mol. The quantitative estimate of drug-likeness (QED) is 0.138. The summed E-state index contributed by atoms with van der Waals surface area (Å²) in [5.41, 5.74) is 6.84. The molecule has 0 atom stereocenters. The number of phenolic OH excluding ortho intramolecular Hbond substituents is 1. The number of halogens is 2. The molecule has 1 aromatic heterocycles. The largest absolute Gasteiger partial charge is 0.506 e. The van der Waals surface area contributed by atoms with Crippen LogP contribution in [0, 0.1) is 26.9 Å². The molecule has 202 valence electrons. The summed E-state index contributed by atoms with van der Waals surface area (Å²) in [4.78, 5) is 25.1. The van der Waals surface area contributed by atoms with Crippen LogP contribution < -0.4 is 15.6 Å². The number of rotatable bonds is 6. The molecule has 2 heterocycles. The van der Waals surface area contributed by atoms with Crippen molar-refractivity contribution in [2.45, 2.75) is 40.5 Å². The number of piperidine rings is 1. The number of hydrogen-bond donors (Lipinski definition) is 4.